The third-order valence-electron chi connectivity index (χ3n) is 2.98. The molecule has 3 aromatic rings. The quantitative estimate of drug-likeness (QED) is 0.770. The van der Waals surface area contributed by atoms with E-state index < -0.39 is 0 Å². The second kappa shape index (κ2) is 5.76. The Morgan fingerprint density at radius 1 is 1.25 bits per heavy atom. The molecule has 0 unspecified atom stereocenters. The predicted octanol–water partition coefficient (Wildman–Crippen LogP) is 4.07. The number of nitrogens with zero attached hydrogens (tertiary/aromatic N) is 2. The summed E-state index contributed by atoms with van der Waals surface area (Å²) in [7, 11) is 1.85. The Labute approximate surface area is 129 Å². The molecule has 0 saturated heterocycles. The molecule has 0 bridgehead atoms. The van der Waals surface area contributed by atoms with E-state index in [0.29, 0.717) is 6.61 Å². The zero-order valence-electron chi connectivity index (χ0n) is 10.8. The van der Waals surface area contributed by atoms with E-state index in [9.17, 15) is 0 Å². The van der Waals surface area contributed by atoms with Gasteiger partial charge >= 0.3 is 0 Å². The number of nitrogens with one attached hydrogen (secondary N) is 1. The van der Waals surface area contributed by atoms with Crippen LogP contribution in [0.2, 0.25) is 0 Å². The molecule has 0 aliphatic rings. The molecule has 1 heterocycles. The minimum atomic E-state index is 0.392. The minimum absolute atomic E-state index is 0.392. The van der Waals surface area contributed by atoms with Crippen LogP contribution in [0.15, 0.2) is 40.9 Å². The molecule has 0 spiro atoms. The van der Waals surface area contributed by atoms with Gasteiger partial charge in [-0.2, -0.15) is 0 Å². The first kappa shape index (κ1) is 13.3. The van der Waals surface area contributed by atoms with Crippen LogP contribution in [-0.2, 0) is 6.61 Å². The molecule has 20 heavy (non-hydrogen) atoms. The van der Waals surface area contributed by atoms with Gasteiger partial charge in [0.05, 0.1) is 4.47 Å². The van der Waals surface area contributed by atoms with E-state index in [4.69, 9.17) is 4.74 Å². The summed E-state index contributed by atoms with van der Waals surface area (Å²) in [5.74, 6) is 0.804. The van der Waals surface area contributed by atoms with Crippen molar-refractivity contribution in [3.63, 3.8) is 0 Å². The van der Waals surface area contributed by atoms with Gasteiger partial charge in [-0.3, -0.25) is 0 Å². The highest BCUT2D eigenvalue weighted by Crippen LogP contribution is 2.33. The van der Waals surface area contributed by atoms with Crippen molar-refractivity contribution in [1.82, 2.24) is 9.59 Å². The van der Waals surface area contributed by atoms with Crippen LogP contribution in [0.5, 0.6) is 5.75 Å². The fourth-order valence-electron chi connectivity index (χ4n) is 1.96. The Hall–Kier alpha value is -1.66. The van der Waals surface area contributed by atoms with E-state index >= 15 is 0 Å². The fraction of sp³-hybridized carbons (Fsp3) is 0.143. The number of aromatic nitrogens is 2. The third kappa shape index (κ3) is 2.48. The number of hydrogen-bond donors (Lipinski definition) is 1. The summed E-state index contributed by atoms with van der Waals surface area (Å²) in [5.41, 5.74) is 0.817. The van der Waals surface area contributed by atoms with Gasteiger partial charge in [0, 0.05) is 18.6 Å². The molecule has 4 nitrogen and oxygen atoms in total. The smallest absolute Gasteiger partial charge is 0.136 e. The molecule has 0 aliphatic heterocycles. The molecule has 1 aromatic heterocycles. The van der Waals surface area contributed by atoms with Gasteiger partial charge in [0.25, 0.3) is 0 Å². The van der Waals surface area contributed by atoms with Crippen LogP contribution >= 0.6 is 27.5 Å². The van der Waals surface area contributed by atoms with Crippen molar-refractivity contribution in [2.24, 2.45) is 0 Å². The lowest BCUT2D eigenvalue weighted by Gasteiger charge is -2.09. The number of anilines is 1. The van der Waals surface area contributed by atoms with Crippen molar-refractivity contribution < 1.29 is 4.74 Å². The van der Waals surface area contributed by atoms with Gasteiger partial charge in [-0.1, -0.05) is 34.8 Å². The molecule has 6 heteroatoms. The van der Waals surface area contributed by atoms with Crippen LogP contribution in [0.25, 0.3) is 10.8 Å². The summed E-state index contributed by atoms with van der Waals surface area (Å²) in [5, 5.41) is 10.4. The van der Waals surface area contributed by atoms with E-state index in [1.165, 1.54) is 16.9 Å². The van der Waals surface area contributed by atoms with E-state index in [1.807, 2.05) is 31.3 Å². The van der Waals surface area contributed by atoms with Crippen molar-refractivity contribution in [3.05, 3.63) is 46.6 Å². The van der Waals surface area contributed by atoms with Crippen molar-refractivity contribution in [1.29, 1.82) is 0 Å². The topological polar surface area (TPSA) is 47.0 Å². The highest BCUT2D eigenvalue weighted by molar-refractivity contribution is 9.10. The van der Waals surface area contributed by atoms with Crippen LogP contribution in [0, 0.1) is 0 Å². The molecule has 0 amide bonds. The average molecular weight is 350 g/mol. The highest BCUT2D eigenvalue weighted by atomic mass is 79.9. The number of hydrogen-bond acceptors (Lipinski definition) is 5. The first-order chi connectivity index (χ1) is 9.79. The molecule has 0 saturated carbocycles. The Balaban J connectivity index is 1.86. The standard InChI is InChI=1S/C14H12BrN3OS/c1-16-14-11(17-18-20-14)8-19-12-7-6-9-4-2-3-5-10(9)13(12)15/h2-7,16H,8H2,1H3. The molecule has 0 fully saturated rings. The van der Waals surface area contributed by atoms with Gasteiger partial charge in [0.2, 0.25) is 0 Å². The molecule has 2 aromatic carbocycles. The summed E-state index contributed by atoms with van der Waals surface area (Å²) in [6, 6.07) is 12.2. The van der Waals surface area contributed by atoms with Crippen LogP contribution in [-0.4, -0.2) is 16.6 Å². The summed E-state index contributed by atoms with van der Waals surface area (Å²) in [4.78, 5) is 0. The molecular weight excluding hydrogens is 338 g/mol. The summed E-state index contributed by atoms with van der Waals surface area (Å²) >= 11 is 4.94. The van der Waals surface area contributed by atoms with Gasteiger partial charge in [0.15, 0.2) is 0 Å². The highest BCUT2D eigenvalue weighted by Gasteiger charge is 2.10. The maximum Gasteiger partial charge on any atom is 0.136 e. The number of benzene rings is 2. The van der Waals surface area contributed by atoms with Gasteiger partial charge in [0.1, 0.15) is 23.1 Å². The monoisotopic (exact) mass is 349 g/mol. The molecular formula is C14H12BrN3OS. The number of rotatable bonds is 4. The normalized spacial score (nSPS) is 10.7. The van der Waals surface area contributed by atoms with Crippen LogP contribution in [0.3, 0.4) is 0 Å². The van der Waals surface area contributed by atoms with Crippen molar-refractivity contribution in [2.45, 2.75) is 6.61 Å². The van der Waals surface area contributed by atoms with Gasteiger partial charge < -0.3 is 10.1 Å². The minimum Gasteiger partial charge on any atom is -0.486 e. The van der Waals surface area contributed by atoms with E-state index in [2.05, 4.69) is 43.0 Å². The average Bonchev–Trinajstić information content (AvgIpc) is 2.94. The van der Waals surface area contributed by atoms with Gasteiger partial charge in [-0.15, -0.1) is 5.10 Å². The lowest BCUT2D eigenvalue weighted by molar-refractivity contribution is 0.300. The summed E-state index contributed by atoms with van der Waals surface area (Å²) < 4.78 is 10.7. The summed E-state index contributed by atoms with van der Waals surface area (Å²) in [6.45, 7) is 0.392. The Morgan fingerprint density at radius 2 is 2.10 bits per heavy atom. The zero-order valence-corrected chi connectivity index (χ0v) is 13.2. The van der Waals surface area contributed by atoms with E-state index in [0.717, 1.165) is 26.3 Å². The number of fused-ring (bicyclic) bond motifs is 1. The molecule has 0 radical (unpaired) electrons. The third-order valence-corrected chi connectivity index (χ3v) is 4.58. The first-order valence-electron chi connectivity index (χ1n) is 6.08. The first-order valence-corrected chi connectivity index (χ1v) is 7.65. The Bertz CT molecular complexity index is 744. The lowest BCUT2D eigenvalue weighted by atomic mass is 10.1. The van der Waals surface area contributed by atoms with E-state index in [-0.39, 0.29) is 0 Å². The van der Waals surface area contributed by atoms with Gasteiger partial charge in [-0.05, 0) is 32.8 Å². The maximum absolute atomic E-state index is 5.85. The second-order valence-electron chi connectivity index (χ2n) is 4.19. The van der Waals surface area contributed by atoms with Crippen LogP contribution in [0.4, 0.5) is 5.00 Å². The van der Waals surface area contributed by atoms with Gasteiger partial charge in [-0.25, -0.2) is 0 Å². The van der Waals surface area contributed by atoms with Crippen molar-refractivity contribution in [3.8, 4) is 5.75 Å². The van der Waals surface area contributed by atoms with Crippen molar-refractivity contribution >= 4 is 43.2 Å². The Kier molecular flexibility index (Phi) is 3.84. The fourth-order valence-corrected chi connectivity index (χ4v) is 3.09. The van der Waals surface area contributed by atoms with Crippen molar-refractivity contribution in [2.75, 3.05) is 12.4 Å². The Morgan fingerprint density at radius 3 is 2.95 bits per heavy atom. The molecule has 3 rings (SSSR count). The largest absolute Gasteiger partial charge is 0.486 e. The van der Waals surface area contributed by atoms with Crippen LogP contribution in [0.1, 0.15) is 5.69 Å². The lowest BCUT2D eigenvalue weighted by Crippen LogP contribution is -2.00. The molecule has 1 N–H and O–H groups in total. The van der Waals surface area contributed by atoms with E-state index in [1.54, 1.807) is 0 Å². The molecule has 0 aliphatic carbocycles. The second-order valence-corrected chi connectivity index (χ2v) is 5.73. The number of ether oxygens (including phenoxy) is 1. The zero-order chi connectivity index (χ0) is 13.9. The molecule has 102 valence electrons. The predicted molar refractivity (Wildman–Crippen MR) is 85.4 cm³/mol. The van der Waals surface area contributed by atoms with Crippen LogP contribution < -0.4 is 10.1 Å². The SMILES string of the molecule is CNc1snnc1COc1ccc2ccccc2c1Br. The maximum atomic E-state index is 5.85. The number of halogens is 1. The molecule has 0 atom stereocenters. The summed E-state index contributed by atoms with van der Waals surface area (Å²) in [6.07, 6.45) is 0.